The van der Waals surface area contributed by atoms with Crippen LogP contribution in [0.4, 0.5) is 4.79 Å². The van der Waals surface area contributed by atoms with Gasteiger partial charge in [0.1, 0.15) is 0 Å². The quantitative estimate of drug-likeness (QED) is 0.536. The highest BCUT2D eigenvalue weighted by Gasteiger charge is 2.07. The van der Waals surface area contributed by atoms with Crippen molar-refractivity contribution >= 4 is 6.03 Å². The van der Waals surface area contributed by atoms with Crippen LogP contribution in [-0.2, 0) is 0 Å². The largest absolute Gasteiger partial charge is 0.396 e. The molecule has 4 nitrogen and oxygen atoms in total. The number of nitrogens with one attached hydrogen (secondary N) is 1. The summed E-state index contributed by atoms with van der Waals surface area (Å²) in [4.78, 5) is 10.5. The normalized spacial score (nSPS) is 13.1. The maximum Gasteiger partial charge on any atom is 0.312 e. The van der Waals surface area contributed by atoms with Crippen LogP contribution in [0.15, 0.2) is 12.2 Å². The van der Waals surface area contributed by atoms with Crippen LogP contribution >= 0.6 is 0 Å². The van der Waals surface area contributed by atoms with Crippen LogP contribution in [0, 0.1) is 0 Å². The second-order valence-electron chi connectivity index (χ2n) is 2.86. The predicted octanol–water partition coefficient (Wildman–Crippen LogP) is 0.762. The number of urea groups is 1. The Labute approximate surface area is 78.8 Å². The number of rotatable bonds is 6. The van der Waals surface area contributed by atoms with E-state index in [0.29, 0.717) is 6.42 Å². The van der Waals surface area contributed by atoms with Crippen molar-refractivity contribution in [3.05, 3.63) is 12.2 Å². The lowest BCUT2D eigenvalue weighted by molar-refractivity contribution is 0.234. The fraction of sp³-hybridized carbons (Fsp3) is 0.667. The number of nitrogens with two attached hydrogens (primary N) is 1. The number of amides is 2. The van der Waals surface area contributed by atoms with Gasteiger partial charge >= 0.3 is 6.03 Å². The molecule has 0 aromatic heterocycles. The second kappa shape index (κ2) is 7.61. The molecule has 0 radical (unpaired) electrons. The van der Waals surface area contributed by atoms with E-state index in [4.69, 9.17) is 10.8 Å². The number of aliphatic hydroxyl groups is 1. The molecule has 0 unspecified atom stereocenters. The maximum absolute atomic E-state index is 10.5. The molecule has 0 aliphatic carbocycles. The van der Waals surface area contributed by atoms with Gasteiger partial charge in [-0.1, -0.05) is 12.2 Å². The number of hydrogen-bond acceptors (Lipinski definition) is 2. The molecule has 0 rings (SSSR count). The van der Waals surface area contributed by atoms with Crippen LogP contribution in [0.3, 0.4) is 0 Å². The molecular weight excluding hydrogens is 168 g/mol. The van der Waals surface area contributed by atoms with Gasteiger partial charge in [0, 0.05) is 12.6 Å². The third-order valence-corrected chi connectivity index (χ3v) is 1.74. The van der Waals surface area contributed by atoms with Crippen LogP contribution in [0.1, 0.15) is 26.2 Å². The highest BCUT2D eigenvalue weighted by Crippen LogP contribution is 2.02. The van der Waals surface area contributed by atoms with Crippen molar-refractivity contribution in [3.63, 3.8) is 0 Å². The van der Waals surface area contributed by atoms with E-state index in [1.807, 2.05) is 19.1 Å². The molecule has 4 heteroatoms. The Bertz CT molecular complexity index is 169. The lowest BCUT2D eigenvalue weighted by Crippen LogP contribution is -2.39. The smallest absolute Gasteiger partial charge is 0.312 e. The summed E-state index contributed by atoms with van der Waals surface area (Å²) in [5.41, 5.74) is 4.98. The molecule has 0 spiro atoms. The van der Waals surface area contributed by atoms with Gasteiger partial charge in [-0.25, -0.2) is 4.79 Å². The molecule has 0 saturated carbocycles. The highest BCUT2D eigenvalue weighted by atomic mass is 16.3. The monoisotopic (exact) mass is 186 g/mol. The van der Waals surface area contributed by atoms with Crippen molar-refractivity contribution in [2.75, 3.05) is 6.61 Å². The predicted molar refractivity (Wildman–Crippen MR) is 52.3 cm³/mol. The Morgan fingerprint density at radius 3 is 2.77 bits per heavy atom. The minimum atomic E-state index is -0.529. The topological polar surface area (TPSA) is 75.3 Å². The summed E-state index contributed by atoms with van der Waals surface area (Å²) in [6.45, 7) is 2.02. The number of allylic oxidation sites excluding steroid dienone is 2. The van der Waals surface area contributed by atoms with Gasteiger partial charge < -0.3 is 16.2 Å². The molecule has 13 heavy (non-hydrogen) atoms. The lowest BCUT2D eigenvalue weighted by Gasteiger charge is -2.14. The van der Waals surface area contributed by atoms with E-state index < -0.39 is 6.03 Å². The van der Waals surface area contributed by atoms with Crippen LogP contribution in [0.5, 0.6) is 0 Å². The van der Waals surface area contributed by atoms with Gasteiger partial charge in [-0.15, -0.1) is 0 Å². The molecule has 4 N–H and O–H groups in total. The zero-order valence-corrected chi connectivity index (χ0v) is 7.99. The van der Waals surface area contributed by atoms with Crippen LogP contribution < -0.4 is 11.1 Å². The summed E-state index contributed by atoms with van der Waals surface area (Å²) in [5, 5.41) is 11.3. The Hall–Kier alpha value is -1.03. The van der Waals surface area contributed by atoms with E-state index in [0.717, 1.165) is 12.8 Å². The average molecular weight is 186 g/mol. The van der Waals surface area contributed by atoms with Gasteiger partial charge in [0.15, 0.2) is 0 Å². The first-order valence-corrected chi connectivity index (χ1v) is 4.48. The maximum atomic E-state index is 10.5. The summed E-state index contributed by atoms with van der Waals surface area (Å²) in [5.74, 6) is 0. The molecule has 0 aromatic rings. The first-order chi connectivity index (χ1) is 6.20. The summed E-state index contributed by atoms with van der Waals surface area (Å²) in [6.07, 6.45) is 6.24. The van der Waals surface area contributed by atoms with Crippen molar-refractivity contribution in [1.29, 1.82) is 0 Å². The zero-order chi connectivity index (χ0) is 10.1. The third-order valence-electron chi connectivity index (χ3n) is 1.74. The highest BCUT2D eigenvalue weighted by molar-refractivity contribution is 5.71. The van der Waals surface area contributed by atoms with E-state index in [-0.39, 0.29) is 12.6 Å². The Kier molecular flexibility index (Phi) is 7.01. The van der Waals surface area contributed by atoms with E-state index in [1.54, 1.807) is 0 Å². The minimum Gasteiger partial charge on any atom is -0.396 e. The zero-order valence-electron chi connectivity index (χ0n) is 7.99. The minimum absolute atomic E-state index is 0.0151. The SMILES string of the molecule is C/C=C/CC[C@H](CCO)NC(N)=O. The molecule has 0 saturated heterocycles. The second-order valence-corrected chi connectivity index (χ2v) is 2.86. The summed E-state index contributed by atoms with van der Waals surface area (Å²) in [7, 11) is 0. The number of carbonyl (C=O) groups is 1. The molecule has 0 bridgehead atoms. The first-order valence-electron chi connectivity index (χ1n) is 4.48. The van der Waals surface area contributed by atoms with Gasteiger partial charge in [-0.05, 0) is 26.2 Å². The standard InChI is InChI=1S/C9H18N2O2/c1-2-3-4-5-8(6-7-12)11-9(10)13/h2-3,8,12H,4-7H2,1H3,(H3,10,11,13)/b3-2+/t8-/m1/s1. The number of aliphatic hydroxyl groups excluding tert-OH is 1. The summed E-state index contributed by atoms with van der Waals surface area (Å²) < 4.78 is 0. The molecule has 1 atom stereocenters. The first kappa shape index (κ1) is 12.0. The van der Waals surface area contributed by atoms with Crippen LogP contribution in [0.2, 0.25) is 0 Å². The summed E-state index contributed by atoms with van der Waals surface area (Å²) in [6, 6.07) is -0.544. The van der Waals surface area contributed by atoms with Crippen LogP contribution in [0.25, 0.3) is 0 Å². The molecule has 2 amide bonds. The van der Waals surface area contributed by atoms with E-state index in [2.05, 4.69) is 5.32 Å². The Morgan fingerprint density at radius 2 is 2.31 bits per heavy atom. The van der Waals surface area contributed by atoms with E-state index >= 15 is 0 Å². The van der Waals surface area contributed by atoms with Gasteiger partial charge in [-0.3, -0.25) is 0 Å². The van der Waals surface area contributed by atoms with Crippen molar-refractivity contribution in [2.45, 2.75) is 32.2 Å². The van der Waals surface area contributed by atoms with Gasteiger partial charge in [0.05, 0.1) is 0 Å². The van der Waals surface area contributed by atoms with Crippen LogP contribution in [-0.4, -0.2) is 23.8 Å². The van der Waals surface area contributed by atoms with Gasteiger partial charge in [0.2, 0.25) is 0 Å². The van der Waals surface area contributed by atoms with E-state index in [9.17, 15) is 4.79 Å². The number of carbonyl (C=O) groups excluding carboxylic acids is 1. The van der Waals surface area contributed by atoms with E-state index in [1.165, 1.54) is 0 Å². The van der Waals surface area contributed by atoms with Gasteiger partial charge in [0.25, 0.3) is 0 Å². The molecule has 0 heterocycles. The summed E-state index contributed by atoms with van der Waals surface area (Å²) >= 11 is 0. The van der Waals surface area contributed by atoms with Crippen molar-refractivity contribution in [2.24, 2.45) is 5.73 Å². The van der Waals surface area contributed by atoms with Crippen molar-refractivity contribution < 1.29 is 9.90 Å². The number of hydrogen-bond donors (Lipinski definition) is 3. The molecule has 0 aliphatic heterocycles. The fourth-order valence-corrected chi connectivity index (χ4v) is 1.11. The average Bonchev–Trinajstić information content (AvgIpc) is 2.04. The molecule has 76 valence electrons. The number of primary amides is 1. The van der Waals surface area contributed by atoms with Crippen molar-refractivity contribution in [3.8, 4) is 0 Å². The lowest BCUT2D eigenvalue weighted by atomic mass is 10.1. The van der Waals surface area contributed by atoms with Crippen molar-refractivity contribution in [1.82, 2.24) is 5.32 Å². The Balaban J connectivity index is 3.72. The molecule has 0 aromatic carbocycles. The molecule has 0 fully saturated rings. The molecular formula is C9H18N2O2. The Morgan fingerprint density at radius 1 is 1.62 bits per heavy atom. The fourth-order valence-electron chi connectivity index (χ4n) is 1.11. The molecule has 0 aliphatic rings. The van der Waals surface area contributed by atoms with Gasteiger partial charge in [-0.2, -0.15) is 0 Å². The third kappa shape index (κ3) is 7.33.